The van der Waals surface area contributed by atoms with E-state index in [-0.39, 0.29) is 6.10 Å². The van der Waals surface area contributed by atoms with E-state index in [0.717, 1.165) is 11.1 Å². The van der Waals surface area contributed by atoms with Crippen molar-refractivity contribution < 1.29 is 4.74 Å². The number of anilines is 1. The molecule has 0 aliphatic rings. The number of hydrogen-bond donors (Lipinski definition) is 1. The van der Waals surface area contributed by atoms with Crippen LogP contribution >= 0.6 is 0 Å². The zero-order chi connectivity index (χ0) is 17.1. The zero-order valence-corrected chi connectivity index (χ0v) is 14.2. The molecule has 0 aliphatic carbocycles. The van der Waals surface area contributed by atoms with Crippen LogP contribution in [0, 0.1) is 13.8 Å². The Morgan fingerprint density at radius 3 is 2.38 bits per heavy atom. The van der Waals surface area contributed by atoms with Crippen LogP contribution in [0.4, 0.5) is 5.69 Å². The molecular formula is C20H21N3O. The van der Waals surface area contributed by atoms with Gasteiger partial charge in [-0.2, -0.15) is 0 Å². The minimum Gasteiger partial charge on any atom is -0.468 e. The van der Waals surface area contributed by atoms with Gasteiger partial charge in [0.2, 0.25) is 5.88 Å². The van der Waals surface area contributed by atoms with Crippen LogP contribution in [-0.4, -0.2) is 9.97 Å². The minimum atomic E-state index is -0.116. The molecular weight excluding hydrogens is 298 g/mol. The molecule has 4 heteroatoms. The number of benzene rings is 2. The molecule has 0 spiro atoms. The third-order valence-corrected chi connectivity index (χ3v) is 4.00. The molecule has 1 atom stereocenters. The Balaban J connectivity index is 1.91. The van der Waals surface area contributed by atoms with Gasteiger partial charge in [-0.3, -0.25) is 0 Å². The normalized spacial score (nSPS) is 12.0. The molecule has 0 saturated carbocycles. The topological polar surface area (TPSA) is 61.0 Å². The van der Waals surface area contributed by atoms with Crippen molar-refractivity contribution in [3.8, 4) is 17.1 Å². The second-order valence-electron chi connectivity index (χ2n) is 5.95. The molecule has 0 aliphatic heterocycles. The van der Waals surface area contributed by atoms with E-state index in [1.807, 2.05) is 31.2 Å². The minimum absolute atomic E-state index is 0.116. The highest BCUT2D eigenvalue weighted by Crippen LogP contribution is 2.30. The molecule has 0 fully saturated rings. The van der Waals surface area contributed by atoms with Crippen molar-refractivity contribution in [3.63, 3.8) is 0 Å². The number of nitrogens with two attached hydrogens (primary N) is 1. The molecule has 0 radical (unpaired) electrons. The summed E-state index contributed by atoms with van der Waals surface area (Å²) in [5.41, 5.74) is 11.7. The summed E-state index contributed by atoms with van der Waals surface area (Å²) in [4.78, 5) is 8.81. The first-order valence-electron chi connectivity index (χ1n) is 7.95. The number of aromatic nitrogens is 2. The van der Waals surface area contributed by atoms with E-state index in [2.05, 4.69) is 42.0 Å². The molecule has 2 N–H and O–H groups in total. The summed E-state index contributed by atoms with van der Waals surface area (Å²) in [6.45, 7) is 6.21. The van der Waals surface area contributed by atoms with Gasteiger partial charge in [-0.15, -0.1) is 0 Å². The van der Waals surface area contributed by atoms with E-state index in [9.17, 15) is 0 Å². The average Bonchev–Trinajstić information content (AvgIpc) is 2.56. The molecule has 1 aromatic heterocycles. The molecule has 0 bridgehead atoms. The Hall–Kier alpha value is -2.88. The predicted molar refractivity (Wildman–Crippen MR) is 96.8 cm³/mol. The van der Waals surface area contributed by atoms with Gasteiger partial charge in [0.05, 0.1) is 0 Å². The summed E-state index contributed by atoms with van der Waals surface area (Å²) >= 11 is 0. The lowest BCUT2D eigenvalue weighted by atomic mass is 10.0. The van der Waals surface area contributed by atoms with Crippen LogP contribution in [0.2, 0.25) is 0 Å². The predicted octanol–water partition coefficient (Wildman–Crippen LogP) is 4.48. The van der Waals surface area contributed by atoms with E-state index in [4.69, 9.17) is 10.5 Å². The third-order valence-electron chi connectivity index (χ3n) is 4.00. The van der Waals surface area contributed by atoms with Gasteiger partial charge < -0.3 is 10.5 Å². The van der Waals surface area contributed by atoms with Crippen LogP contribution in [0.25, 0.3) is 11.3 Å². The number of nitrogen functional groups attached to an aromatic ring is 1. The highest BCUT2D eigenvalue weighted by atomic mass is 16.5. The van der Waals surface area contributed by atoms with Gasteiger partial charge in [0, 0.05) is 23.6 Å². The van der Waals surface area contributed by atoms with Crippen molar-refractivity contribution in [3.05, 3.63) is 71.5 Å². The number of rotatable bonds is 4. The van der Waals surface area contributed by atoms with Crippen molar-refractivity contribution in [1.82, 2.24) is 9.97 Å². The van der Waals surface area contributed by atoms with Crippen LogP contribution in [-0.2, 0) is 0 Å². The highest BCUT2D eigenvalue weighted by molar-refractivity contribution is 5.66. The molecule has 24 heavy (non-hydrogen) atoms. The van der Waals surface area contributed by atoms with Crippen molar-refractivity contribution >= 4 is 5.69 Å². The summed E-state index contributed by atoms with van der Waals surface area (Å²) < 4.78 is 6.13. The number of ether oxygens (including phenoxy) is 1. The lowest BCUT2D eigenvalue weighted by Gasteiger charge is -2.18. The van der Waals surface area contributed by atoms with E-state index >= 15 is 0 Å². The molecule has 0 amide bonds. The van der Waals surface area contributed by atoms with Crippen LogP contribution in [0.5, 0.6) is 5.88 Å². The third kappa shape index (κ3) is 3.38. The first kappa shape index (κ1) is 16.0. The maximum Gasteiger partial charge on any atom is 0.241 e. The fourth-order valence-corrected chi connectivity index (χ4v) is 2.76. The molecule has 2 aromatic carbocycles. The standard InChI is InChI=1S/C20H21N3O/c1-13-4-9-18(14(2)12-13)15(3)24-20-19(22-10-11-23-20)16-5-7-17(21)8-6-16/h4-12,15H,21H2,1-3H3/t15-/m1/s1. The van der Waals surface area contributed by atoms with E-state index in [1.54, 1.807) is 12.4 Å². The molecule has 0 unspecified atom stereocenters. The van der Waals surface area contributed by atoms with Crippen molar-refractivity contribution in [1.29, 1.82) is 0 Å². The maximum atomic E-state index is 6.13. The van der Waals surface area contributed by atoms with E-state index in [0.29, 0.717) is 17.3 Å². The maximum absolute atomic E-state index is 6.13. The van der Waals surface area contributed by atoms with Crippen LogP contribution < -0.4 is 10.5 Å². The number of aryl methyl sites for hydroxylation is 2. The smallest absolute Gasteiger partial charge is 0.241 e. The monoisotopic (exact) mass is 319 g/mol. The number of nitrogens with zero attached hydrogens (tertiary/aromatic N) is 2. The first-order valence-corrected chi connectivity index (χ1v) is 7.95. The highest BCUT2D eigenvalue weighted by Gasteiger charge is 2.15. The summed E-state index contributed by atoms with van der Waals surface area (Å²) in [5.74, 6) is 0.523. The van der Waals surface area contributed by atoms with Gasteiger partial charge in [0.1, 0.15) is 11.8 Å². The lowest BCUT2D eigenvalue weighted by molar-refractivity contribution is 0.217. The van der Waals surface area contributed by atoms with Crippen LogP contribution in [0.1, 0.15) is 29.7 Å². The zero-order valence-electron chi connectivity index (χ0n) is 14.2. The Morgan fingerprint density at radius 2 is 1.67 bits per heavy atom. The fourth-order valence-electron chi connectivity index (χ4n) is 2.76. The SMILES string of the molecule is Cc1ccc([C@@H](C)Oc2nccnc2-c2ccc(N)cc2)c(C)c1. The Bertz CT molecular complexity index is 844. The first-order chi connectivity index (χ1) is 11.5. The fraction of sp³-hybridized carbons (Fsp3) is 0.200. The molecule has 1 heterocycles. The largest absolute Gasteiger partial charge is 0.468 e. The summed E-state index contributed by atoms with van der Waals surface area (Å²) in [6, 6.07) is 13.9. The average molecular weight is 319 g/mol. The number of hydrogen-bond acceptors (Lipinski definition) is 4. The quantitative estimate of drug-likeness (QED) is 0.720. The summed E-state index contributed by atoms with van der Waals surface area (Å²) in [5, 5.41) is 0. The Labute approximate surface area is 142 Å². The summed E-state index contributed by atoms with van der Waals surface area (Å²) in [7, 11) is 0. The second-order valence-corrected chi connectivity index (χ2v) is 5.95. The van der Waals surface area contributed by atoms with Crippen molar-refractivity contribution in [2.75, 3.05) is 5.73 Å². The van der Waals surface area contributed by atoms with E-state index in [1.165, 1.54) is 11.1 Å². The lowest BCUT2D eigenvalue weighted by Crippen LogP contribution is -2.07. The Kier molecular flexibility index (Phi) is 4.47. The van der Waals surface area contributed by atoms with Gasteiger partial charge in [0.15, 0.2) is 0 Å². The second kappa shape index (κ2) is 6.71. The molecule has 4 nitrogen and oxygen atoms in total. The van der Waals surface area contributed by atoms with Gasteiger partial charge in [0.25, 0.3) is 0 Å². The molecule has 3 aromatic rings. The van der Waals surface area contributed by atoms with Crippen LogP contribution in [0.3, 0.4) is 0 Å². The molecule has 3 rings (SSSR count). The Morgan fingerprint density at radius 1 is 0.958 bits per heavy atom. The van der Waals surface area contributed by atoms with Gasteiger partial charge in [-0.25, -0.2) is 9.97 Å². The van der Waals surface area contributed by atoms with E-state index < -0.39 is 0 Å². The van der Waals surface area contributed by atoms with Gasteiger partial charge in [-0.1, -0.05) is 35.9 Å². The van der Waals surface area contributed by atoms with Crippen LogP contribution in [0.15, 0.2) is 54.9 Å². The summed E-state index contributed by atoms with van der Waals surface area (Å²) in [6.07, 6.45) is 3.19. The van der Waals surface area contributed by atoms with Crippen molar-refractivity contribution in [2.24, 2.45) is 0 Å². The van der Waals surface area contributed by atoms with Gasteiger partial charge in [-0.05, 0) is 44.0 Å². The van der Waals surface area contributed by atoms with Crippen molar-refractivity contribution in [2.45, 2.75) is 26.9 Å². The molecule has 0 saturated heterocycles. The van der Waals surface area contributed by atoms with Gasteiger partial charge >= 0.3 is 0 Å². The molecule has 122 valence electrons.